The molecule has 0 spiro atoms. The molecule has 0 atom stereocenters. The van der Waals surface area contributed by atoms with Crippen molar-refractivity contribution in [3.8, 4) is 0 Å². The Labute approximate surface area is 174 Å². The highest BCUT2D eigenvalue weighted by molar-refractivity contribution is 7.09. The van der Waals surface area contributed by atoms with Crippen molar-refractivity contribution in [2.75, 3.05) is 18.4 Å². The van der Waals surface area contributed by atoms with Gasteiger partial charge in [-0.2, -0.15) is 0 Å². The minimum absolute atomic E-state index is 0.00888. The maximum Gasteiger partial charge on any atom is 0.246 e. The van der Waals surface area contributed by atoms with E-state index in [1.54, 1.807) is 23.6 Å². The van der Waals surface area contributed by atoms with Crippen LogP contribution < -0.4 is 5.32 Å². The molecule has 0 fully saturated rings. The average Bonchev–Trinajstić information content (AvgIpc) is 3.23. The molecule has 0 unspecified atom stereocenters. The van der Waals surface area contributed by atoms with E-state index in [1.165, 1.54) is 5.57 Å². The molecule has 2 aliphatic heterocycles. The first kappa shape index (κ1) is 19.5. The molecule has 0 saturated heterocycles. The SMILES string of the molecule is O=C1CCCCc2cc(C=CC(=O)N3CC=C(Cc4nccs4)CC3)cnc2N1. The number of amides is 2. The van der Waals surface area contributed by atoms with Crippen LogP contribution in [-0.4, -0.2) is 39.8 Å². The van der Waals surface area contributed by atoms with E-state index in [0.717, 1.165) is 54.8 Å². The Morgan fingerprint density at radius 2 is 2.14 bits per heavy atom. The van der Waals surface area contributed by atoms with Gasteiger partial charge >= 0.3 is 0 Å². The van der Waals surface area contributed by atoms with Crippen molar-refractivity contribution < 1.29 is 9.59 Å². The lowest BCUT2D eigenvalue weighted by atomic mass is 10.0. The normalized spacial score (nSPS) is 17.3. The predicted octanol–water partition coefficient (Wildman–Crippen LogP) is 3.62. The van der Waals surface area contributed by atoms with Gasteiger partial charge in [0.05, 0.1) is 5.01 Å². The van der Waals surface area contributed by atoms with Crippen molar-refractivity contribution >= 4 is 35.0 Å². The fourth-order valence-electron chi connectivity index (χ4n) is 3.60. The number of nitrogens with zero attached hydrogens (tertiary/aromatic N) is 3. The number of carbonyl (C=O) groups is 2. The van der Waals surface area contributed by atoms with E-state index in [4.69, 9.17) is 0 Å². The maximum atomic E-state index is 12.5. The van der Waals surface area contributed by atoms with E-state index >= 15 is 0 Å². The monoisotopic (exact) mass is 408 g/mol. The van der Waals surface area contributed by atoms with Crippen molar-refractivity contribution in [1.82, 2.24) is 14.9 Å². The fraction of sp³-hybridized carbons (Fsp3) is 0.364. The Morgan fingerprint density at radius 1 is 1.24 bits per heavy atom. The van der Waals surface area contributed by atoms with Crippen LogP contribution in [0.15, 0.2) is 41.6 Å². The van der Waals surface area contributed by atoms with Gasteiger partial charge in [0, 0.05) is 49.8 Å². The van der Waals surface area contributed by atoms with Gasteiger partial charge in [0.1, 0.15) is 5.82 Å². The highest BCUT2D eigenvalue weighted by Gasteiger charge is 2.16. The molecule has 7 heteroatoms. The van der Waals surface area contributed by atoms with Crippen LogP contribution in [0.3, 0.4) is 0 Å². The summed E-state index contributed by atoms with van der Waals surface area (Å²) in [7, 11) is 0. The van der Waals surface area contributed by atoms with E-state index in [0.29, 0.717) is 18.8 Å². The summed E-state index contributed by atoms with van der Waals surface area (Å²) >= 11 is 1.67. The lowest BCUT2D eigenvalue weighted by Gasteiger charge is -2.25. The molecule has 29 heavy (non-hydrogen) atoms. The first-order chi connectivity index (χ1) is 14.2. The lowest BCUT2D eigenvalue weighted by molar-refractivity contribution is -0.125. The second-order valence-electron chi connectivity index (χ2n) is 7.36. The Kier molecular flexibility index (Phi) is 6.14. The van der Waals surface area contributed by atoms with E-state index in [9.17, 15) is 9.59 Å². The smallest absolute Gasteiger partial charge is 0.246 e. The number of hydrogen-bond donors (Lipinski definition) is 1. The molecule has 150 valence electrons. The molecule has 2 amide bonds. The summed E-state index contributed by atoms with van der Waals surface area (Å²) in [6.45, 7) is 1.37. The Hall–Kier alpha value is -2.80. The number of aromatic nitrogens is 2. The third-order valence-electron chi connectivity index (χ3n) is 5.24. The van der Waals surface area contributed by atoms with Gasteiger partial charge in [0.2, 0.25) is 11.8 Å². The van der Waals surface area contributed by atoms with Gasteiger partial charge in [0.15, 0.2) is 0 Å². The summed E-state index contributed by atoms with van der Waals surface area (Å²) in [6.07, 6.45) is 14.2. The first-order valence-electron chi connectivity index (χ1n) is 9.99. The van der Waals surface area contributed by atoms with Crippen LogP contribution in [0.1, 0.15) is 41.8 Å². The van der Waals surface area contributed by atoms with Gasteiger partial charge in [0.25, 0.3) is 0 Å². The molecule has 4 heterocycles. The van der Waals surface area contributed by atoms with Gasteiger partial charge in [-0.3, -0.25) is 9.59 Å². The van der Waals surface area contributed by atoms with E-state index in [1.807, 2.05) is 28.6 Å². The summed E-state index contributed by atoms with van der Waals surface area (Å²) in [5.41, 5.74) is 3.25. The van der Waals surface area contributed by atoms with Crippen LogP contribution >= 0.6 is 11.3 Å². The van der Waals surface area contributed by atoms with Crippen LogP contribution in [0.2, 0.25) is 0 Å². The average molecular weight is 409 g/mol. The van der Waals surface area contributed by atoms with Gasteiger partial charge in [-0.1, -0.05) is 11.6 Å². The molecule has 0 radical (unpaired) electrons. The number of hydrogen-bond acceptors (Lipinski definition) is 5. The highest BCUT2D eigenvalue weighted by Crippen LogP contribution is 2.21. The minimum atomic E-state index is 0.00888. The van der Waals surface area contributed by atoms with Gasteiger partial charge in [-0.25, -0.2) is 9.97 Å². The Bertz CT molecular complexity index is 950. The quantitative estimate of drug-likeness (QED) is 0.619. The first-order valence-corrected chi connectivity index (χ1v) is 10.9. The molecule has 0 aromatic carbocycles. The zero-order chi connectivity index (χ0) is 20.1. The van der Waals surface area contributed by atoms with Crippen molar-refractivity contribution in [3.05, 3.63) is 57.7 Å². The Morgan fingerprint density at radius 3 is 2.93 bits per heavy atom. The van der Waals surface area contributed by atoms with Crippen LogP contribution in [0, 0.1) is 0 Å². The third kappa shape index (κ3) is 5.17. The van der Waals surface area contributed by atoms with Crippen molar-refractivity contribution in [2.24, 2.45) is 0 Å². The molecular formula is C22H24N4O2S. The standard InChI is InChI=1S/C22H24N4O2S/c27-19-4-2-1-3-18-13-17(15-24-22(18)25-19)5-6-21(28)26-10-7-16(8-11-26)14-20-23-9-12-29-20/h5-7,9,12-13,15H,1-4,8,10-11,14H2,(H,24,25,27). The fourth-order valence-corrected chi connectivity index (χ4v) is 4.27. The van der Waals surface area contributed by atoms with E-state index in [-0.39, 0.29) is 11.8 Å². The van der Waals surface area contributed by atoms with Crippen molar-refractivity contribution in [1.29, 1.82) is 0 Å². The van der Waals surface area contributed by atoms with Gasteiger partial charge in [-0.05, 0) is 49.0 Å². The number of pyridine rings is 1. The lowest BCUT2D eigenvalue weighted by Crippen LogP contribution is -2.33. The van der Waals surface area contributed by atoms with Gasteiger partial charge < -0.3 is 10.2 Å². The number of fused-ring (bicyclic) bond motifs is 1. The van der Waals surface area contributed by atoms with E-state index in [2.05, 4.69) is 21.4 Å². The van der Waals surface area contributed by atoms with Crippen LogP contribution in [0.4, 0.5) is 5.82 Å². The molecule has 2 aromatic rings. The van der Waals surface area contributed by atoms with Crippen molar-refractivity contribution in [2.45, 2.75) is 38.5 Å². The number of carbonyl (C=O) groups excluding carboxylic acids is 2. The molecule has 0 bridgehead atoms. The minimum Gasteiger partial charge on any atom is -0.335 e. The topological polar surface area (TPSA) is 75.2 Å². The number of rotatable bonds is 4. The summed E-state index contributed by atoms with van der Waals surface area (Å²) in [5, 5.41) is 5.98. The summed E-state index contributed by atoms with van der Waals surface area (Å²) in [5.74, 6) is 0.672. The highest BCUT2D eigenvalue weighted by atomic mass is 32.1. The van der Waals surface area contributed by atoms with E-state index < -0.39 is 0 Å². The second kappa shape index (κ2) is 9.13. The number of nitrogens with one attached hydrogen (secondary N) is 1. The van der Waals surface area contributed by atoms with Gasteiger partial charge in [-0.15, -0.1) is 11.3 Å². The second-order valence-corrected chi connectivity index (χ2v) is 8.34. The van der Waals surface area contributed by atoms with Crippen LogP contribution in [0.5, 0.6) is 0 Å². The largest absolute Gasteiger partial charge is 0.335 e. The van der Waals surface area contributed by atoms with Crippen molar-refractivity contribution in [3.63, 3.8) is 0 Å². The van der Waals surface area contributed by atoms with Crippen LogP contribution in [-0.2, 0) is 22.4 Å². The summed E-state index contributed by atoms with van der Waals surface area (Å²) in [6, 6.07) is 2.01. The molecular weight excluding hydrogens is 384 g/mol. The third-order valence-corrected chi connectivity index (χ3v) is 6.02. The number of aryl methyl sites for hydroxylation is 1. The molecule has 1 N–H and O–H groups in total. The number of thiazole rings is 1. The Balaban J connectivity index is 1.36. The maximum absolute atomic E-state index is 12.5. The predicted molar refractivity (Wildman–Crippen MR) is 115 cm³/mol. The van der Waals surface area contributed by atoms with Crippen LogP contribution in [0.25, 0.3) is 6.08 Å². The zero-order valence-electron chi connectivity index (χ0n) is 16.3. The molecule has 4 rings (SSSR count). The molecule has 2 aromatic heterocycles. The summed E-state index contributed by atoms with van der Waals surface area (Å²) < 4.78 is 0. The number of anilines is 1. The molecule has 6 nitrogen and oxygen atoms in total. The molecule has 0 saturated carbocycles. The zero-order valence-corrected chi connectivity index (χ0v) is 17.1. The molecule has 2 aliphatic rings. The molecule has 0 aliphatic carbocycles. The summed E-state index contributed by atoms with van der Waals surface area (Å²) in [4.78, 5) is 34.9.